The number of rotatable bonds is 6. The predicted molar refractivity (Wildman–Crippen MR) is 176 cm³/mol. The van der Waals surface area contributed by atoms with Crippen LogP contribution in [0, 0.1) is 24.6 Å². The number of nitrogens with one attached hydrogen (secondary N) is 2. The second-order valence-corrected chi connectivity index (χ2v) is 9.76. The summed E-state index contributed by atoms with van der Waals surface area (Å²) >= 11 is 0. The molecule has 1 aliphatic heterocycles. The third-order valence-corrected chi connectivity index (χ3v) is 6.32. The zero-order chi connectivity index (χ0) is 36.6. The number of amides is 1. The Morgan fingerprint density at radius 2 is 1.60 bits per heavy atom. The van der Waals surface area contributed by atoms with Crippen molar-refractivity contribution in [2.45, 2.75) is 45.4 Å². The maximum absolute atomic E-state index is 13.4. The first-order valence-corrected chi connectivity index (χ1v) is 13.9. The molecule has 1 amide bonds. The molecule has 47 heavy (non-hydrogen) atoms. The van der Waals surface area contributed by atoms with Crippen LogP contribution in [0.15, 0.2) is 66.9 Å². The number of anilines is 3. The summed E-state index contributed by atoms with van der Waals surface area (Å²) in [5.74, 6) is -0.0443. The molecule has 4 rings (SSSR count). The number of hydrogen-bond acceptors (Lipinski definition) is 8. The van der Waals surface area contributed by atoms with Crippen molar-refractivity contribution in [3.63, 3.8) is 0 Å². The lowest BCUT2D eigenvalue weighted by atomic mass is 9.91. The minimum absolute atomic E-state index is 0.305. The van der Waals surface area contributed by atoms with Crippen LogP contribution in [-0.2, 0) is 32.0 Å². The van der Waals surface area contributed by atoms with Crippen molar-refractivity contribution >= 4 is 43.5 Å². The molecule has 13 heteroatoms. The van der Waals surface area contributed by atoms with Crippen molar-refractivity contribution in [3.05, 3.63) is 83.9 Å². The first-order valence-electron chi connectivity index (χ1n) is 13.9. The highest BCUT2D eigenvalue weighted by Gasteiger charge is 2.51. The molecule has 0 unspecified atom stereocenters. The van der Waals surface area contributed by atoms with Crippen LogP contribution in [-0.4, -0.2) is 63.4 Å². The number of nitrogens with zero attached hydrogens (tertiary/aromatic N) is 2. The van der Waals surface area contributed by atoms with E-state index in [0.717, 1.165) is 55.9 Å². The molecule has 0 spiro atoms. The number of pyridine rings is 1. The van der Waals surface area contributed by atoms with Crippen LogP contribution in [0.25, 0.3) is 0 Å². The standard InChI is InChI=1S/C22H25F4N3O2.C7H9N.C2H2.3CH2O/c1-21(2,22(24,25)26)31-20(30)28-17-7-4-15-10-14(12-27-3)13-29(19(15)11-17)18-8-5-16(23)6-9-18;1-2-7-5-3-4-6-8-7;4*1-2/h4-9,11,14,27H,10,12-13H2,1-3H3,(H,28,30);3-6H,2H2,1H3;1-2H;3*1H2/t14-;;;;;/m0...../s1. The molecule has 0 saturated heterocycles. The molecule has 1 aliphatic rings. The molecule has 1 aromatic heterocycles. The van der Waals surface area contributed by atoms with Crippen LogP contribution in [0.4, 0.5) is 39.4 Å². The van der Waals surface area contributed by atoms with Crippen LogP contribution >= 0.6 is 0 Å². The lowest BCUT2D eigenvalue weighted by molar-refractivity contribution is -0.242. The van der Waals surface area contributed by atoms with Crippen LogP contribution in [0.2, 0.25) is 0 Å². The van der Waals surface area contributed by atoms with Gasteiger partial charge in [0.25, 0.3) is 0 Å². The van der Waals surface area contributed by atoms with Gasteiger partial charge in [-0.15, -0.1) is 12.8 Å². The first kappa shape index (κ1) is 44.0. The van der Waals surface area contributed by atoms with Crippen LogP contribution in [0.3, 0.4) is 0 Å². The van der Waals surface area contributed by atoms with Gasteiger partial charge in [0, 0.05) is 35.5 Å². The van der Waals surface area contributed by atoms with Crippen molar-refractivity contribution in [2.24, 2.45) is 5.92 Å². The van der Waals surface area contributed by atoms with Gasteiger partial charge in [-0.2, -0.15) is 13.2 Å². The number of halogens is 4. The fraction of sp³-hybridized carbons (Fsp3) is 0.324. The molecule has 0 radical (unpaired) electrons. The highest BCUT2D eigenvalue weighted by Crippen LogP contribution is 2.38. The predicted octanol–water partition coefficient (Wildman–Crippen LogP) is 6.58. The number of alkyl halides is 3. The van der Waals surface area contributed by atoms with Gasteiger partial charge in [0.2, 0.25) is 5.60 Å². The summed E-state index contributed by atoms with van der Waals surface area (Å²) in [7, 11) is 1.87. The normalized spacial score (nSPS) is 12.8. The molecule has 0 fully saturated rings. The Balaban J connectivity index is 0. The highest BCUT2D eigenvalue weighted by atomic mass is 19.4. The maximum Gasteiger partial charge on any atom is 0.427 e. The summed E-state index contributed by atoms with van der Waals surface area (Å²) in [6.07, 6.45) is 5.75. The minimum atomic E-state index is -4.69. The molecule has 2 heterocycles. The lowest BCUT2D eigenvalue weighted by Crippen LogP contribution is -2.44. The molecule has 2 N–H and O–H groups in total. The zero-order valence-corrected chi connectivity index (χ0v) is 27.0. The van der Waals surface area contributed by atoms with E-state index in [9.17, 15) is 22.4 Å². The van der Waals surface area contributed by atoms with Crippen LogP contribution in [0.5, 0.6) is 0 Å². The van der Waals surface area contributed by atoms with E-state index in [-0.39, 0.29) is 5.82 Å². The van der Waals surface area contributed by atoms with Crippen molar-refractivity contribution in [2.75, 3.05) is 30.4 Å². The Hall–Kier alpha value is -5.09. The number of benzene rings is 2. The largest absolute Gasteiger partial charge is 0.434 e. The number of carbonyl (C=O) groups excluding carboxylic acids is 4. The van der Waals surface area contributed by atoms with E-state index in [2.05, 4.69) is 40.1 Å². The number of terminal acetylenes is 1. The number of carbonyl (C=O) groups is 4. The van der Waals surface area contributed by atoms with Gasteiger partial charge in [0.15, 0.2) is 0 Å². The van der Waals surface area contributed by atoms with Gasteiger partial charge in [-0.25, -0.2) is 9.18 Å². The summed E-state index contributed by atoms with van der Waals surface area (Å²) in [5, 5.41) is 5.55. The summed E-state index contributed by atoms with van der Waals surface area (Å²) in [5.41, 5.74) is 1.44. The van der Waals surface area contributed by atoms with E-state index in [1.807, 2.05) is 62.8 Å². The monoisotopic (exact) mass is 662 g/mol. The Labute approximate surface area is 273 Å². The van der Waals surface area contributed by atoms with Crippen molar-refractivity contribution in [3.8, 4) is 12.8 Å². The Morgan fingerprint density at radius 3 is 2.06 bits per heavy atom. The van der Waals surface area contributed by atoms with Crippen molar-refractivity contribution in [1.29, 1.82) is 0 Å². The van der Waals surface area contributed by atoms with Crippen LogP contribution < -0.4 is 15.5 Å². The summed E-state index contributed by atoms with van der Waals surface area (Å²) < 4.78 is 56.9. The Morgan fingerprint density at radius 1 is 1.00 bits per heavy atom. The van der Waals surface area contributed by atoms with Gasteiger partial charge in [0.1, 0.15) is 26.2 Å². The molecule has 0 aliphatic carbocycles. The summed E-state index contributed by atoms with van der Waals surface area (Å²) in [4.78, 5) is 42.2. The van der Waals surface area contributed by atoms with E-state index < -0.39 is 17.9 Å². The van der Waals surface area contributed by atoms with Gasteiger partial charge in [-0.05, 0) is 100 Å². The number of aromatic nitrogens is 1. The molecule has 2 aromatic carbocycles. The van der Waals surface area contributed by atoms with Gasteiger partial charge < -0.3 is 29.3 Å². The second-order valence-electron chi connectivity index (χ2n) is 9.76. The van der Waals surface area contributed by atoms with Gasteiger partial charge in [-0.3, -0.25) is 10.3 Å². The first-order chi connectivity index (χ1) is 22.4. The van der Waals surface area contributed by atoms with E-state index in [1.165, 1.54) is 12.1 Å². The average molecular weight is 663 g/mol. The van der Waals surface area contributed by atoms with E-state index in [0.29, 0.717) is 18.2 Å². The van der Waals surface area contributed by atoms with E-state index in [4.69, 9.17) is 14.4 Å². The number of aryl methyl sites for hydroxylation is 1. The SMILES string of the molecule is C#C.C=O.C=O.C=O.CCc1ccccn1.CNC[C@@H]1Cc2ccc(NC(=O)OC(C)(C)C(F)(F)F)cc2N(c2ccc(F)cc2)C1. The van der Waals surface area contributed by atoms with Gasteiger partial charge >= 0.3 is 12.3 Å². The van der Waals surface area contributed by atoms with Crippen molar-refractivity contribution in [1.82, 2.24) is 10.3 Å². The van der Waals surface area contributed by atoms with E-state index in [1.54, 1.807) is 24.3 Å². The summed E-state index contributed by atoms with van der Waals surface area (Å²) in [6.45, 7) is 11.1. The summed E-state index contributed by atoms with van der Waals surface area (Å²) in [6, 6.07) is 17.2. The van der Waals surface area contributed by atoms with Gasteiger partial charge in [-0.1, -0.05) is 19.1 Å². The number of fused-ring (bicyclic) bond motifs is 1. The smallest absolute Gasteiger partial charge is 0.427 e. The fourth-order valence-corrected chi connectivity index (χ4v) is 4.13. The molecular weight excluding hydrogens is 620 g/mol. The Bertz CT molecular complexity index is 1320. The number of hydrogen-bond donors (Lipinski definition) is 2. The third-order valence-electron chi connectivity index (χ3n) is 6.32. The molecule has 0 saturated carbocycles. The Kier molecular flexibility index (Phi) is 21.8. The van der Waals surface area contributed by atoms with Gasteiger partial charge in [0.05, 0.1) is 0 Å². The van der Waals surface area contributed by atoms with Crippen molar-refractivity contribution < 1.29 is 41.5 Å². The maximum atomic E-state index is 13.4. The molecule has 1 atom stereocenters. The van der Waals surface area contributed by atoms with Crippen LogP contribution in [0.1, 0.15) is 32.0 Å². The zero-order valence-electron chi connectivity index (χ0n) is 27.0. The quantitative estimate of drug-likeness (QED) is 0.225. The molecule has 3 aromatic rings. The molecule has 0 bridgehead atoms. The average Bonchev–Trinajstić information content (AvgIpc) is 3.08. The number of ether oxygens (including phenoxy) is 1. The minimum Gasteiger partial charge on any atom is -0.434 e. The molecule has 9 nitrogen and oxygen atoms in total. The third kappa shape index (κ3) is 14.7. The lowest BCUT2D eigenvalue weighted by Gasteiger charge is -2.36. The topological polar surface area (TPSA) is 118 Å². The highest BCUT2D eigenvalue weighted by molar-refractivity contribution is 5.86. The fourth-order valence-electron chi connectivity index (χ4n) is 4.13. The van der Waals surface area contributed by atoms with E-state index >= 15 is 0 Å². The molecule has 256 valence electrons. The second kappa shape index (κ2) is 23.3. The molecular formula is C34H42F4N4O5.